The predicted octanol–water partition coefficient (Wildman–Crippen LogP) is 3.42. The highest BCUT2D eigenvalue weighted by Gasteiger charge is 2.41. The van der Waals surface area contributed by atoms with E-state index in [0.29, 0.717) is 5.41 Å². The Morgan fingerprint density at radius 2 is 2.31 bits per heavy atom. The molecule has 0 spiro atoms. The van der Waals surface area contributed by atoms with E-state index in [1.165, 1.54) is 27.9 Å². The van der Waals surface area contributed by atoms with Crippen LogP contribution in [-0.2, 0) is 11.3 Å². The van der Waals surface area contributed by atoms with Gasteiger partial charge >= 0.3 is 0 Å². The molecule has 1 N–H and O–H groups in total. The lowest BCUT2D eigenvalue weighted by molar-refractivity contribution is 0.171. The summed E-state index contributed by atoms with van der Waals surface area (Å²) in [6.07, 6.45) is 3.92. The van der Waals surface area contributed by atoms with Gasteiger partial charge in [-0.25, -0.2) is 0 Å². The van der Waals surface area contributed by atoms with Crippen LogP contribution in [0.15, 0.2) is 15.9 Å². The van der Waals surface area contributed by atoms with Gasteiger partial charge < -0.3 is 10.1 Å². The summed E-state index contributed by atoms with van der Waals surface area (Å²) in [5.41, 5.74) is 0.546. The second-order valence-electron chi connectivity index (χ2n) is 4.55. The predicted molar refractivity (Wildman–Crippen MR) is 71.9 cm³/mol. The van der Waals surface area contributed by atoms with Gasteiger partial charge in [0.25, 0.3) is 0 Å². The zero-order valence-corrected chi connectivity index (χ0v) is 12.0. The van der Waals surface area contributed by atoms with Gasteiger partial charge in [-0.3, -0.25) is 0 Å². The number of thiophene rings is 1. The molecule has 0 amide bonds. The molecule has 16 heavy (non-hydrogen) atoms. The van der Waals surface area contributed by atoms with E-state index in [4.69, 9.17) is 4.74 Å². The highest BCUT2D eigenvalue weighted by Crippen LogP contribution is 2.48. The van der Waals surface area contributed by atoms with Crippen molar-refractivity contribution in [2.24, 2.45) is 5.41 Å². The number of rotatable bonds is 7. The standard InChI is InChI=1S/C12H18BrNOS/c1-15-7-6-12(4-5-12)9-14-8-10-2-3-11(13)16-10/h2-3,14H,4-9H2,1H3. The maximum Gasteiger partial charge on any atom is 0.0701 e. The van der Waals surface area contributed by atoms with E-state index in [0.717, 1.165) is 19.7 Å². The zero-order valence-electron chi connectivity index (χ0n) is 9.59. The number of halogens is 1. The van der Waals surface area contributed by atoms with Gasteiger partial charge in [0.1, 0.15) is 0 Å². The average molecular weight is 304 g/mol. The first kappa shape index (κ1) is 12.6. The molecule has 0 saturated heterocycles. The Balaban J connectivity index is 1.68. The van der Waals surface area contributed by atoms with Crippen LogP contribution >= 0.6 is 27.3 Å². The third kappa shape index (κ3) is 3.55. The Bertz CT molecular complexity index is 336. The summed E-state index contributed by atoms with van der Waals surface area (Å²) in [7, 11) is 1.78. The Morgan fingerprint density at radius 3 is 2.88 bits per heavy atom. The number of methoxy groups -OCH3 is 1. The van der Waals surface area contributed by atoms with Gasteiger partial charge in [0.05, 0.1) is 3.79 Å². The van der Waals surface area contributed by atoms with Gasteiger partial charge in [-0.1, -0.05) is 0 Å². The Morgan fingerprint density at radius 1 is 1.50 bits per heavy atom. The quantitative estimate of drug-likeness (QED) is 0.833. The van der Waals surface area contributed by atoms with Crippen LogP contribution in [0.25, 0.3) is 0 Å². The molecular formula is C12H18BrNOS. The minimum atomic E-state index is 0.546. The molecule has 1 aromatic rings. The molecule has 1 aliphatic rings. The maximum atomic E-state index is 5.15. The largest absolute Gasteiger partial charge is 0.385 e. The van der Waals surface area contributed by atoms with Gasteiger partial charge in [-0.15, -0.1) is 11.3 Å². The Hall–Kier alpha value is 0.1000. The number of ether oxygens (including phenoxy) is 1. The first-order chi connectivity index (χ1) is 7.74. The molecule has 1 saturated carbocycles. The molecule has 1 aliphatic carbocycles. The molecule has 4 heteroatoms. The molecule has 1 fully saturated rings. The molecule has 0 atom stereocenters. The fourth-order valence-corrected chi connectivity index (χ4v) is 3.36. The molecule has 2 nitrogen and oxygen atoms in total. The summed E-state index contributed by atoms with van der Waals surface area (Å²) in [6, 6.07) is 4.29. The lowest BCUT2D eigenvalue weighted by Crippen LogP contribution is -2.24. The molecule has 90 valence electrons. The monoisotopic (exact) mass is 303 g/mol. The molecule has 0 unspecified atom stereocenters. The highest BCUT2D eigenvalue weighted by molar-refractivity contribution is 9.11. The summed E-state index contributed by atoms with van der Waals surface area (Å²) in [5.74, 6) is 0. The third-order valence-corrected chi connectivity index (χ3v) is 4.85. The molecule has 0 aliphatic heterocycles. The van der Waals surface area contributed by atoms with Gasteiger partial charge in [-0.2, -0.15) is 0 Å². The first-order valence-electron chi connectivity index (χ1n) is 5.68. The van der Waals surface area contributed by atoms with Gasteiger partial charge in [0.15, 0.2) is 0 Å². The van der Waals surface area contributed by atoms with E-state index in [2.05, 4.69) is 33.4 Å². The molecule has 0 aromatic carbocycles. The minimum absolute atomic E-state index is 0.546. The SMILES string of the molecule is COCCC1(CNCc2ccc(Br)s2)CC1. The van der Waals surface area contributed by atoms with Crippen LogP contribution in [0.1, 0.15) is 24.1 Å². The highest BCUT2D eigenvalue weighted by atomic mass is 79.9. The summed E-state index contributed by atoms with van der Waals surface area (Å²) in [5, 5.41) is 3.56. The van der Waals surface area contributed by atoms with Crippen molar-refractivity contribution < 1.29 is 4.74 Å². The summed E-state index contributed by atoms with van der Waals surface area (Å²) in [4.78, 5) is 1.40. The van der Waals surface area contributed by atoms with Crippen LogP contribution in [0, 0.1) is 5.41 Å². The summed E-state index contributed by atoms with van der Waals surface area (Å²) < 4.78 is 6.37. The van der Waals surface area contributed by atoms with Crippen molar-refractivity contribution in [2.45, 2.75) is 25.8 Å². The van der Waals surface area contributed by atoms with Crippen molar-refractivity contribution >= 4 is 27.3 Å². The van der Waals surface area contributed by atoms with Crippen molar-refractivity contribution in [2.75, 3.05) is 20.3 Å². The van der Waals surface area contributed by atoms with Crippen molar-refractivity contribution in [3.05, 3.63) is 20.8 Å². The van der Waals surface area contributed by atoms with E-state index in [1.807, 2.05) is 0 Å². The van der Waals surface area contributed by atoms with Crippen LogP contribution in [-0.4, -0.2) is 20.3 Å². The zero-order chi connectivity index (χ0) is 11.4. The van der Waals surface area contributed by atoms with Crippen LogP contribution < -0.4 is 5.32 Å². The number of hydrogen-bond donors (Lipinski definition) is 1. The maximum absolute atomic E-state index is 5.15. The van der Waals surface area contributed by atoms with Crippen molar-refractivity contribution in [3.8, 4) is 0 Å². The smallest absolute Gasteiger partial charge is 0.0701 e. The normalized spacial score (nSPS) is 17.6. The fraction of sp³-hybridized carbons (Fsp3) is 0.667. The van der Waals surface area contributed by atoms with Crippen LogP contribution in [0.4, 0.5) is 0 Å². The third-order valence-electron chi connectivity index (χ3n) is 3.22. The molecule has 1 aromatic heterocycles. The van der Waals surface area contributed by atoms with Crippen LogP contribution in [0.3, 0.4) is 0 Å². The molecule has 1 heterocycles. The van der Waals surface area contributed by atoms with E-state index < -0.39 is 0 Å². The van der Waals surface area contributed by atoms with Crippen molar-refractivity contribution in [3.63, 3.8) is 0 Å². The number of hydrogen-bond acceptors (Lipinski definition) is 3. The van der Waals surface area contributed by atoms with Gasteiger partial charge in [-0.05, 0) is 52.7 Å². The van der Waals surface area contributed by atoms with E-state index >= 15 is 0 Å². The number of nitrogens with one attached hydrogen (secondary N) is 1. The topological polar surface area (TPSA) is 21.3 Å². The van der Waals surface area contributed by atoms with Crippen molar-refractivity contribution in [1.29, 1.82) is 0 Å². The van der Waals surface area contributed by atoms with E-state index in [9.17, 15) is 0 Å². The second kappa shape index (κ2) is 5.63. The summed E-state index contributed by atoms with van der Waals surface area (Å²) >= 11 is 5.29. The Labute approximate surface area is 110 Å². The lowest BCUT2D eigenvalue weighted by atomic mass is 10.0. The molecule has 0 radical (unpaired) electrons. The van der Waals surface area contributed by atoms with Gasteiger partial charge in [0.2, 0.25) is 0 Å². The summed E-state index contributed by atoms with van der Waals surface area (Å²) in [6.45, 7) is 3.02. The second-order valence-corrected chi connectivity index (χ2v) is 7.10. The fourth-order valence-electron chi connectivity index (χ4n) is 1.91. The first-order valence-corrected chi connectivity index (χ1v) is 7.29. The molecule has 2 rings (SSSR count). The average Bonchev–Trinajstić information content (AvgIpc) is 2.92. The van der Waals surface area contributed by atoms with Crippen LogP contribution in [0.5, 0.6) is 0 Å². The van der Waals surface area contributed by atoms with Gasteiger partial charge in [0, 0.05) is 31.7 Å². The van der Waals surface area contributed by atoms with E-state index in [1.54, 1.807) is 18.4 Å². The van der Waals surface area contributed by atoms with Crippen molar-refractivity contribution in [1.82, 2.24) is 5.32 Å². The lowest BCUT2D eigenvalue weighted by Gasteiger charge is -2.14. The molecular weight excluding hydrogens is 286 g/mol. The van der Waals surface area contributed by atoms with E-state index in [-0.39, 0.29) is 0 Å². The Kier molecular flexibility index (Phi) is 4.41. The minimum Gasteiger partial charge on any atom is -0.385 e. The van der Waals surface area contributed by atoms with Crippen LogP contribution in [0.2, 0.25) is 0 Å². The molecule has 0 bridgehead atoms.